The third kappa shape index (κ3) is 4.82. The van der Waals surface area contributed by atoms with E-state index < -0.39 is 33.2 Å². The summed E-state index contributed by atoms with van der Waals surface area (Å²) < 4.78 is 38.3. The lowest BCUT2D eigenvalue weighted by Crippen LogP contribution is -2.52. The minimum atomic E-state index is -3.51. The number of hydrogen-bond donors (Lipinski definition) is 3. The summed E-state index contributed by atoms with van der Waals surface area (Å²) in [4.78, 5) is 23.0. The van der Waals surface area contributed by atoms with E-state index in [-0.39, 0.29) is 10.6 Å². The van der Waals surface area contributed by atoms with E-state index >= 15 is 0 Å². The van der Waals surface area contributed by atoms with Crippen molar-refractivity contribution in [3.05, 3.63) is 48.3 Å². The highest BCUT2D eigenvalue weighted by molar-refractivity contribution is 7.90. The largest absolute Gasteiger partial charge is 0.465 e. The molecular formula is C18H19FN2O5S. The van der Waals surface area contributed by atoms with Crippen LogP contribution < -0.4 is 10.6 Å². The molecule has 0 atom stereocenters. The van der Waals surface area contributed by atoms with Gasteiger partial charge in [0.25, 0.3) is 0 Å². The summed E-state index contributed by atoms with van der Waals surface area (Å²) in [6.07, 6.45) is -0.322. The van der Waals surface area contributed by atoms with Crippen molar-refractivity contribution in [1.82, 2.24) is 5.32 Å². The molecule has 2 amide bonds. The number of carboxylic acid groups (broad SMARTS) is 1. The van der Waals surface area contributed by atoms with Gasteiger partial charge in [0.1, 0.15) is 11.4 Å². The Kier molecular flexibility index (Phi) is 5.55. The van der Waals surface area contributed by atoms with Gasteiger partial charge in [-0.1, -0.05) is 24.3 Å². The van der Waals surface area contributed by atoms with Crippen molar-refractivity contribution in [3.63, 3.8) is 0 Å². The van der Waals surface area contributed by atoms with Crippen molar-refractivity contribution < 1.29 is 27.5 Å². The van der Waals surface area contributed by atoms with E-state index in [4.69, 9.17) is 5.11 Å². The lowest BCUT2D eigenvalue weighted by atomic mass is 10.0. The molecule has 0 heterocycles. The van der Waals surface area contributed by atoms with Gasteiger partial charge < -0.3 is 15.7 Å². The van der Waals surface area contributed by atoms with Crippen molar-refractivity contribution in [1.29, 1.82) is 0 Å². The van der Waals surface area contributed by atoms with Crippen molar-refractivity contribution in [2.45, 2.75) is 24.3 Å². The van der Waals surface area contributed by atoms with Crippen LogP contribution in [0.5, 0.6) is 0 Å². The third-order valence-corrected chi connectivity index (χ3v) is 4.96. The number of benzene rings is 2. The molecule has 0 bridgehead atoms. The lowest BCUT2D eigenvalue weighted by molar-refractivity contribution is -0.121. The second-order valence-corrected chi connectivity index (χ2v) is 8.46. The predicted molar refractivity (Wildman–Crippen MR) is 98.8 cm³/mol. The molecule has 0 fully saturated rings. The van der Waals surface area contributed by atoms with Crippen LogP contribution in [0.3, 0.4) is 0 Å². The topological polar surface area (TPSA) is 113 Å². The second kappa shape index (κ2) is 7.36. The SMILES string of the molecule is CC(C)(NC(=O)O)C(=O)Nc1ccc(-c2ccccc2S(C)(=O)=O)cc1F. The van der Waals surface area contributed by atoms with Crippen molar-refractivity contribution in [2.75, 3.05) is 11.6 Å². The maximum atomic E-state index is 14.5. The number of hydrogen-bond acceptors (Lipinski definition) is 4. The molecule has 0 radical (unpaired) electrons. The molecule has 27 heavy (non-hydrogen) atoms. The van der Waals surface area contributed by atoms with Gasteiger partial charge in [0.15, 0.2) is 9.84 Å². The summed E-state index contributed by atoms with van der Waals surface area (Å²) in [6, 6.07) is 10.1. The van der Waals surface area contributed by atoms with E-state index in [0.29, 0.717) is 11.1 Å². The fourth-order valence-corrected chi connectivity index (χ4v) is 3.33. The Morgan fingerprint density at radius 3 is 2.30 bits per heavy atom. The first-order valence-electron chi connectivity index (χ1n) is 7.83. The zero-order chi connectivity index (χ0) is 20.4. The van der Waals surface area contributed by atoms with Gasteiger partial charge in [0.05, 0.1) is 10.6 Å². The monoisotopic (exact) mass is 394 g/mol. The summed E-state index contributed by atoms with van der Waals surface area (Å²) in [5.41, 5.74) is -0.959. The number of carbonyl (C=O) groups is 2. The third-order valence-electron chi connectivity index (χ3n) is 3.80. The highest BCUT2D eigenvalue weighted by atomic mass is 32.2. The van der Waals surface area contributed by atoms with Gasteiger partial charge in [-0.05, 0) is 37.6 Å². The van der Waals surface area contributed by atoms with Gasteiger partial charge in [-0.25, -0.2) is 17.6 Å². The Bertz CT molecular complexity index is 1000. The van der Waals surface area contributed by atoms with Gasteiger partial charge in [-0.2, -0.15) is 0 Å². The molecule has 0 spiro atoms. The maximum Gasteiger partial charge on any atom is 0.405 e. The van der Waals surface area contributed by atoms with Gasteiger partial charge in [-0.3, -0.25) is 4.79 Å². The molecule has 2 aromatic rings. The molecule has 0 aliphatic heterocycles. The van der Waals surface area contributed by atoms with Crippen molar-refractivity contribution in [3.8, 4) is 11.1 Å². The minimum Gasteiger partial charge on any atom is -0.465 e. The zero-order valence-electron chi connectivity index (χ0n) is 14.9. The normalized spacial score (nSPS) is 11.7. The lowest BCUT2D eigenvalue weighted by Gasteiger charge is -2.23. The van der Waals surface area contributed by atoms with E-state index in [1.807, 2.05) is 5.32 Å². The average Bonchev–Trinajstić information content (AvgIpc) is 2.54. The summed E-state index contributed by atoms with van der Waals surface area (Å²) in [6.45, 7) is 2.68. The van der Waals surface area contributed by atoms with Crippen LogP contribution in [0.2, 0.25) is 0 Å². The second-order valence-electron chi connectivity index (χ2n) is 6.47. The fraction of sp³-hybridized carbons (Fsp3) is 0.222. The minimum absolute atomic E-state index is 0.0629. The first kappa shape index (κ1) is 20.4. The number of carbonyl (C=O) groups excluding carboxylic acids is 1. The van der Waals surface area contributed by atoms with E-state index in [2.05, 4.69) is 5.32 Å². The van der Waals surface area contributed by atoms with Crippen molar-refractivity contribution >= 4 is 27.5 Å². The summed E-state index contributed by atoms with van der Waals surface area (Å²) in [5, 5.41) is 13.1. The summed E-state index contributed by atoms with van der Waals surface area (Å²) >= 11 is 0. The van der Waals surface area contributed by atoms with Gasteiger partial charge >= 0.3 is 6.09 Å². The molecule has 144 valence electrons. The highest BCUT2D eigenvalue weighted by Gasteiger charge is 2.30. The van der Waals surface area contributed by atoms with Crippen molar-refractivity contribution in [2.24, 2.45) is 0 Å². The standard InChI is InChI=1S/C18H19FN2O5S/c1-18(2,21-17(23)24)16(22)20-14-9-8-11(10-13(14)19)12-6-4-5-7-15(12)27(3,25)26/h4-10,21H,1-3H3,(H,20,22)(H,23,24). The van der Waals surface area contributed by atoms with Crippen LogP contribution in [0.1, 0.15) is 13.8 Å². The molecule has 0 unspecified atom stereocenters. The van der Waals surface area contributed by atoms with Crippen LogP contribution in [-0.2, 0) is 14.6 Å². The van der Waals surface area contributed by atoms with Crippen LogP contribution in [0.4, 0.5) is 14.9 Å². The van der Waals surface area contributed by atoms with E-state index in [1.54, 1.807) is 18.2 Å². The molecule has 9 heteroatoms. The molecule has 0 aliphatic carbocycles. The molecule has 0 saturated heterocycles. The highest BCUT2D eigenvalue weighted by Crippen LogP contribution is 2.30. The van der Waals surface area contributed by atoms with Crippen LogP contribution in [0.15, 0.2) is 47.4 Å². The van der Waals surface area contributed by atoms with Crippen LogP contribution >= 0.6 is 0 Å². The fourth-order valence-electron chi connectivity index (χ4n) is 2.42. The Morgan fingerprint density at radius 1 is 1.11 bits per heavy atom. The molecule has 0 aromatic heterocycles. The number of amides is 2. The van der Waals surface area contributed by atoms with E-state index in [9.17, 15) is 22.4 Å². The quantitative estimate of drug-likeness (QED) is 0.722. The van der Waals surface area contributed by atoms with Crippen LogP contribution in [0.25, 0.3) is 11.1 Å². The molecule has 2 rings (SSSR count). The van der Waals surface area contributed by atoms with Gasteiger partial charge in [-0.15, -0.1) is 0 Å². The molecular weight excluding hydrogens is 375 g/mol. The summed E-state index contributed by atoms with van der Waals surface area (Å²) in [7, 11) is -3.51. The average molecular weight is 394 g/mol. The Hall–Kier alpha value is -2.94. The van der Waals surface area contributed by atoms with E-state index in [1.165, 1.54) is 32.0 Å². The maximum absolute atomic E-state index is 14.5. The molecule has 2 aromatic carbocycles. The number of anilines is 1. The summed E-state index contributed by atoms with van der Waals surface area (Å²) in [5.74, 6) is -1.52. The molecule has 0 aliphatic rings. The number of halogens is 1. The Labute approximate surface area is 156 Å². The first-order chi connectivity index (χ1) is 12.4. The Balaban J connectivity index is 2.35. The predicted octanol–water partition coefficient (Wildman–Crippen LogP) is 2.88. The first-order valence-corrected chi connectivity index (χ1v) is 9.72. The smallest absolute Gasteiger partial charge is 0.405 e. The molecule has 0 saturated carbocycles. The number of rotatable bonds is 5. The van der Waals surface area contributed by atoms with E-state index in [0.717, 1.165) is 12.3 Å². The Morgan fingerprint density at radius 2 is 1.74 bits per heavy atom. The molecule has 3 N–H and O–H groups in total. The van der Waals surface area contributed by atoms with Crippen LogP contribution in [0, 0.1) is 5.82 Å². The van der Waals surface area contributed by atoms with Gasteiger partial charge in [0.2, 0.25) is 5.91 Å². The zero-order valence-corrected chi connectivity index (χ0v) is 15.7. The number of nitrogens with one attached hydrogen (secondary N) is 2. The van der Waals surface area contributed by atoms with Crippen LogP contribution in [-0.4, -0.2) is 37.3 Å². The molecule has 7 nitrogen and oxygen atoms in total. The number of sulfone groups is 1. The van der Waals surface area contributed by atoms with Gasteiger partial charge in [0, 0.05) is 11.8 Å².